The number of para-hydroxylation sites is 1. The minimum atomic E-state index is -3.62. The van der Waals surface area contributed by atoms with Crippen molar-refractivity contribution in [2.45, 2.75) is 18.0 Å². The quantitative estimate of drug-likeness (QED) is 0.935. The van der Waals surface area contributed by atoms with Gasteiger partial charge in [-0.3, -0.25) is 0 Å². The van der Waals surface area contributed by atoms with Gasteiger partial charge in [0.15, 0.2) is 0 Å². The van der Waals surface area contributed by atoms with E-state index < -0.39 is 16.2 Å². The van der Waals surface area contributed by atoms with E-state index in [1.54, 1.807) is 36.5 Å². The molecule has 1 N–H and O–H groups in total. The Hall–Kier alpha value is -2.53. The minimum absolute atomic E-state index is 0.280. The molecule has 23 heavy (non-hydrogen) atoms. The zero-order valence-electron chi connectivity index (χ0n) is 12.8. The first-order chi connectivity index (χ1) is 11.1. The molecule has 0 aromatic heterocycles. The van der Waals surface area contributed by atoms with Crippen molar-refractivity contribution < 1.29 is 8.42 Å². The molecule has 0 fully saturated rings. The molecule has 0 radical (unpaired) electrons. The molecule has 0 amide bonds. The number of rotatable bonds is 4. The number of allylic oxidation sites excluding steroid dienone is 2. The Kier molecular flexibility index (Phi) is 4.21. The van der Waals surface area contributed by atoms with E-state index in [2.05, 4.69) is 5.32 Å². The van der Waals surface area contributed by atoms with Crippen LogP contribution in [0.25, 0.3) is 0 Å². The maximum atomic E-state index is 12.9. The molecule has 1 heterocycles. The lowest BCUT2D eigenvalue weighted by Crippen LogP contribution is -2.41. The van der Waals surface area contributed by atoms with E-state index in [4.69, 9.17) is 0 Å². The number of nitrogens with one attached hydrogen (secondary N) is 1. The van der Waals surface area contributed by atoms with E-state index >= 15 is 0 Å². The van der Waals surface area contributed by atoms with E-state index in [1.165, 1.54) is 4.31 Å². The van der Waals surface area contributed by atoms with E-state index in [0.29, 0.717) is 0 Å². The van der Waals surface area contributed by atoms with Crippen molar-refractivity contribution in [1.82, 2.24) is 4.31 Å². The molecule has 0 saturated heterocycles. The highest BCUT2D eigenvalue weighted by atomic mass is 32.2. The summed E-state index contributed by atoms with van der Waals surface area (Å²) < 4.78 is 27.1. The van der Waals surface area contributed by atoms with Crippen LogP contribution in [0.2, 0.25) is 0 Å². The zero-order valence-corrected chi connectivity index (χ0v) is 13.6. The largest absolute Gasteiger partial charge is 0.361 e. The molecular weight excluding hydrogens is 308 g/mol. The van der Waals surface area contributed by atoms with Crippen LogP contribution in [-0.2, 0) is 10.0 Å². The molecule has 5 heteroatoms. The van der Waals surface area contributed by atoms with Gasteiger partial charge in [-0.1, -0.05) is 42.0 Å². The van der Waals surface area contributed by atoms with Crippen LogP contribution in [0.5, 0.6) is 0 Å². The van der Waals surface area contributed by atoms with Crippen LogP contribution in [0, 0.1) is 6.92 Å². The van der Waals surface area contributed by atoms with Crippen LogP contribution < -0.4 is 5.32 Å². The molecule has 0 aliphatic carbocycles. The molecule has 1 aliphatic heterocycles. The highest BCUT2D eigenvalue weighted by molar-refractivity contribution is 7.89. The molecule has 4 nitrogen and oxygen atoms in total. The van der Waals surface area contributed by atoms with E-state index in [-0.39, 0.29) is 4.90 Å². The second-order valence-electron chi connectivity index (χ2n) is 5.33. The van der Waals surface area contributed by atoms with Crippen molar-refractivity contribution >= 4 is 15.7 Å². The van der Waals surface area contributed by atoms with Crippen LogP contribution in [0.15, 0.2) is 83.9 Å². The second kappa shape index (κ2) is 6.30. The molecule has 0 spiro atoms. The molecular formula is C18H18N2O2S. The summed E-state index contributed by atoms with van der Waals surface area (Å²) in [6, 6.07) is 16.4. The summed E-state index contributed by atoms with van der Waals surface area (Å²) in [5, 5.41) is 3.23. The summed E-state index contributed by atoms with van der Waals surface area (Å²) in [5.41, 5.74) is 1.89. The average molecular weight is 326 g/mol. The SMILES string of the molecule is Cc1ccc(S(=O)(=O)N2C=CC=CC2Nc2ccccc2)cc1. The highest BCUT2D eigenvalue weighted by Gasteiger charge is 2.28. The van der Waals surface area contributed by atoms with Crippen LogP contribution in [0.3, 0.4) is 0 Å². The van der Waals surface area contributed by atoms with Crippen molar-refractivity contribution in [1.29, 1.82) is 0 Å². The van der Waals surface area contributed by atoms with Gasteiger partial charge in [0.1, 0.15) is 6.17 Å². The normalized spacial score (nSPS) is 17.3. The Labute approximate surface area is 136 Å². The van der Waals surface area contributed by atoms with Crippen LogP contribution in [0.4, 0.5) is 5.69 Å². The van der Waals surface area contributed by atoms with Crippen LogP contribution in [0.1, 0.15) is 5.56 Å². The van der Waals surface area contributed by atoms with Crippen molar-refractivity contribution in [2.24, 2.45) is 0 Å². The van der Waals surface area contributed by atoms with Gasteiger partial charge in [0.2, 0.25) is 0 Å². The third-order valence-corrected chi connectivity index (χ3v) is 5.37. The number of nitrogens with zero attached hydrogens (tertiary/aromatic N) is 1. The summed E-state index contributed by atoms with van der Waals surface area (Å²) >= 11 is 0. The summed E-state index contributed by atoms with van der Waals surface area (Å²) in [7, 11) is -3.62. The molecule has 0 bridgehead atoms. The third-order valence-electron chi connectivity index (χ3n) is 3.60. The predicted molar refractivity (Wildman–Crippen MR) is 92.3 cm³/mol. The number of hydrogen-bond acceptors (Lipinski definition) is 3. The van der Waals surface area contributed by atoms with Gasteiger partial charge >= 0.3 is 0 Å². The second-order valence-corrected chi connectivity index (χ2v) is 7.17. The standard InChI is InChI=1S/C18H18N2O2S/c1-15-10-12-17(13-11-15)23(21,22)20-14-6-5-9-18(20)19-16-7-3-2-4-8-16/h2-14,18-19H,1H3. The van der Waals surface area contributed by atoms with E-state index in [9.17, 15) is 8.42 Å². The first kappa shape index (κ1) is 15.4. The number of benzene rings is 2. The molecule has 118 valence electrons. The van der Waals surface area contributed by atoms with Crippen LogP contribution >= 0.6 is 0 Å². The molecule has 2 aromatic rings. The first-order valence-electron chi connectivity index (χ1n) is 7.34. The maximum absolute atomic E-state index is 12.9. The molecule has 2 aromatic carbocycles. The fourth-order valence-electron chi connectivity index (χ4n) is 2.36. The number of aryl methyl sites for hydroxylation is 1. The number of anilines is 1. The van der Waals surface area contributed by atoms with Gasteiger partial charge in [0.05, 0.1) is 4.90 Å². The third kappa shape index (κ3) is 3.29. The Morgan fingerprint density at radius 1 is 0.957 bits per heavy atom. The summed E-state index contributed by atoms with van der Waals surface area (Å²) in [6.07, 6.45) is 6.49. The Bertz CT molecular complexity index is 825. The van der Waals surface area contributed by atoms with Crippen molar-refractivity contribution in [3.63, 3.8) is 0 Å². The maximum Gasteiger partial charge on any atom is 0.265 e. The summed E-state index contributed by atoms with van der Waals surface area (Å²) in [6.45, 7) is 1.93. The molecule has 1 atom stereocenters. The zero-order chi connectivity index (χ0) is 16.3. The monoisotopic (exact) mass is 326 g/mol. The lowest BCUT2D eigenvalue weighted by molar-refractivity contribution is 0.470. The lowest BCUT2D eigenvalue weighted by atomic mass is 10.2. The molecule has 1 unspecified atom stereocenters. The Morgan fingerprint density at radius 3 is 2.35 bits per heavy atom. The Morgan fingerprint density at radius 2 is 1.65 bits per heavy atom. The fraction of sp³-hybridized carbons (Fsp3) is 0.111. The van der Waals surface area contributed by atoms with Gasteiger partial charge in [0.25, 0.3) is 10.0 Å². The first-order valence-corrected chi connectivity index (χ1v) is 8.78. The predicted octanol–water partition coefficient (Wildman–Crippen LogP) is 3.51. The van der Waals surface area contributed by atoms with Gasteiger partial charge in [-0.05, 0) is 43.3 Å². The smallest absolute Gasteiger partial charge is 0.265 e. The van der Waals surface area contributed by atoms with Gasteiger partial charge in [-0.2, -0.15) is 0 Å². The average Bonchev–Trinajstić information content (AvgIpc) is 2.56. The lowest BCUT2D eigenvalue weighted by Gasteiger charge is -2.30. The van der Waals surface area contributed by atoms with Crippen molar-refractivity contribution in [3.8, 4) is 0 Å². The van der Waals surface area contributed by atoms with Gasteiger partial charge in [-0.15, -0.1) is 0 Å². The summed E-state index contributed by atoms with van der Waals surface area (Å²) in [4.78, 5) is 0.280. The molecule has 3 rings (SSSR count). The van der Waals surface area contributed by atoms with Crippen molar-refractivity contribution in [2.75, 3.05) is 5.32 Å². The summed E-state index contributed by atoms with van der Waals surface area (Å²) in [5.74, 6) is 0. The van der Waals surface area contributed by atoms with Gasteiger partial charge in [-0.25, -0.2) is 12.7 Å². The molecule has 0 saturated carbocycles. The molecule has 1 aliphatic rings. The van der Waals surface area contributed by atoms with E-state index in [1.807, 2.05) is 49.4 Å². The fourth-order valence-corrected chi connectivity index (χ4v) is 3.74. The topological polar surface area (TPSA) is 49.4 Å². The highest BCUT2D eigenvalue weighted by Crippen LogP contribution is 2.23. The van der Waals surface area contributed by atoms with E-state index in [0.717, 1.165) is 11.3 Å². The Balaban J connectivity index is 1.91. The van der Waals surface area contributed by atoms with Crippen molar-refractivity contribution in [3.05, 3.63) is 84.6 Å². The van der Waals surface area contributed by atoms with Gasteiger partial charge < -0.3 is 5.32 Å². The number of sulfonamides is 1. The van der Waals surface area contributed by atoms with Crippen LogP contribution in [-0.4, -0.2) is 18.9 Å². The van der Waals surface area contributed by atoms with Gasteiger partial charge in [0, 0.05) is 11.9 Å². The minimum Gasteiger partial charge on any atom is -0.361 e. The number of hydrogen-bond donors (Lipinski definition) is 1.